The number of rotatable bonds is 8. The average molecular weight is 453 g/mol. The molecule has 0 bridgehead atoms. The third-order valence-electron chi connectivity index (χ3n) is 3.95. The van der Waals surface area contributed by atoms with E-state index < -0.39 is 16.5 Å². The largest absolute Gasteiger partial charge is 0.480 e. The molecule has 29 heavy (non-hydrogen) atoms. The molecule has 0 atom stereocenters. The summed E-state index contributed by atoms with van der Waals surface area (Å²) in [6.45, 7) is 3.86. The molecule has 6 nitrogen and oxygen atoms in total. The van der Waals surface area contributed by atoms with E-state index in [1.165, 1.54) is 29.2 Å². The quantitative estimate of drug-likeness (QED) is 0.465. The summed E-state index contributed by atoms with van der Waals surface area (Å²) in [7, 11) is 0. The maximum atomic E-state index is 14.0. The van der Waals surface area contributed by atoms with Gasteiger partial charge in [0.15, 0.2) is 4.34 Å². The number of carbonyl (C=O) groups is 1. The fraction of sp³-hybridized carbons (Fsp3) is 0.263. The van der Waals surface area contributed by atoms with Crippen LogP contribution in [0.2, 0.25) is 5.02 Å². The first-order valence-corrected chi connectivity index (χ1v) is 10.7. The minimum Gasteiger partial charge on any atom is -0.480 e. The molecule has 0 aliphatic rings. The molecule has 0 unspecified atom stereocenters. The fourth-order valence-corrected chi connectivity index (χ4v) is 4.68. The molecule has 152 valence electrons. The Labute approximate surface area is 180 Å². The molecule has 0 saturated carbocycles. The van der Waals surface area contributed by atoms with Gasteiger partial charge >= 0.3 is 5.97 Å². The van der Waals surface area contributed by atoms with Crippen molar-refractivity contribution in [3.05, 3.63) is 52.5 Å². The van der Waals surface area contributed by atoms with Crippen LogP contribution in [-0.4, -0.2) is 37.3 Å². The Bertz CT molecular complexity index is 1010. The summed E-state index contributed by atoms with van der Waals surface area (Å²) in [5.74, 6) is -0.870. The van der Waals surface area contributed by atoms with Crippen LogP contribution in [-0.2, 0) is 11.2 Å². The Morgan fingerprint density at radius 3 is 2.72 bits per heavy atom. The van der Waals surface area contributed by atoms with Gasteiger partial charge in [-0.2, -0.15) is 0 Å². The van der Waals surface area contributed by atoms with E-state index in [2.05, 4.69) is 20.3 Å². The van der Waals surface area contributed by atoms with Crippen LogP contribution in [0.5, 0.6) is 0 Å². The molecule has 3 aromatic rings. The van der Waals surface area contributed by atoms with E-state index in [-0.39, 0.29) is 0 Å². The second kappa shape index (κ2) is 9.06. The highest BCUT2D eigenvalue weighted by Crippen LogP contribution is 2.34. The number of nitrogens with zero attached hydrogens (tertiary/aromatic N) is 3. The van der Waals surface area contributed by atoms with Gasteiger partial charge in [-0.05, 0) is 32.0 Å². The van der Waals surface area contributed by atoms with Crippen molar-refractivity contribution < 1.29 is 14.3 Å². The van der Waals surface area contributed by atoms with E-state index in [9.17, 15) is 14.3 Å². The number of thioether (sulfide) groups is 1. The van der Waals surface area contributed by atoms with Crippen LogP contribution in [0.1, 0.15) is 19.5 Å². The summed E-state index contributed by atoms with van der Waals surface area (Å²) in [4.78, 5) is 24.1. The topological polar surface area (TPSA) is 88.0 Å². The lowest BCUT2D eigenvalue weighted by Gasteiger charge is -2.15. The number of aliphatic carboxylic acids is 1. The van der Waals surface area contributed by atoms with Crippen molar-refractivity contribution in [3.8, 4) is 11.1 Å². The summed E-state index contributed by atoms with van der Waals surface area (Å²) >= 11 is 8.43. The summed E-state index contributed by atoms with van der Waals surface area (Å²) in [5.41, 5.74) is 1.82. The predicted molar refractivity (Wildman–Crippen MR) is 114 cm³/mol. The van der Waals surface area contributed by atoms with E-state index in [0.29, 0.717) is 35.1 Å². The van der Waals surface area contributed by atoms with Gasteiger partial charge < -0.3 is 10.4 Å². The van der Waals surface area contributed by atoms with Gasteiger partial charge in [0.1, 0.15) is 10.6 Å². The molecule has 10 heteroatoms. The third-order valence-corrected chi connectivity index (χ3v) is 6.35. The van der Waals surface area contributed by atoms with Gasteiger partial charge in [0.25, 0.3) is 0 Å². The van der Waals surface area contributed by atoms with E-state index in [1.54, 1.807) is 38.4 Å². The average Bonchev–Trinajstić information content (AvgIpc) is 3.09. The Hall–Kier alpha value is -2.23. The minimum absolute atomic E-state index is 0.334. The SMILES string of the molecule is CC(C)(Sc1nc(CCNc2ncc(-c3ccc(Cl)cc3F)cn2)cs1)C(=O)O. The molecule has 0 amide bonds. The zero-order valence-electron chi connectivity index (χ0n) is 15.6. The van der Waals surface area contributed by atoms with E-state index >= 15 is 0 Å². The molecule has 0 spiro atoms. The first-order chi connectivity index (χ1) is 13.7. The number of anilines is 1. The van der Waals surface area contributed by atoms with Crippen LogP contribution in [0, 0.1) is 5.82 Å². The van der Waals surface area contributed by atoms with Gasteiger partial charge in [-0.15, -0.1) is 11.3 Å². The molecule has 2 aromatic heterocycles. The van der Waals surface area contributed by atoms with Crippen molar-refractivity contribution in [2.75, 3.05) is 11.9 Å². The second-order valence-electron chi connectivity index (χ2n) is 6.62. The van der Waals surface area contributed by atoms with Crippen molar-refractivity contribution >= 4 is 46.6 Å². The Balaban J connectivity index is 1.54. The Morgan fingerprint density at radius 2 is 2.07 bits per heavy atom. The van der Waals surface area contributed by atoms with Gasteiger partial charge in [-0.3, -0.25) is 4.79 Å². The number of benzene rings is 1. The number of hydrogen-bond donors (Lipinski definition) is 2. The molecule has 2 N–H and O–H groups in total. The van der Waals surface area contributed by atoms with Crippen LogP contribution >= 0.6 is 34.7 Å². The first kappa shape index (κ1) is 21.5. The normalized spacial score (nSPS) is 11.4. The molecular formula is C19H18ClFN4O2S2. The van der Waals surface area contributed by atoms with E-state index in [0.717, 1.165) is 10.0 Å². The van der Waals surface area contributed by atoms with E-state index in [4.69, 9.17) is 11.6 Å². The zero-order valence-corrected chi connectivity index (χ0v) is 18.0. The molecule has 0 saturated heterocycles. The Kier molecular flexibility index (Phi) is 6.71. The lowest BCUT2D eigenvalue weighted by Crippen LogP contribution is -2.26. The summed E-state index contributed by atoms with van der Waals surface area (Å²) in [6, 6.07) is 4.46. The van der Waals surface area contributed by atoms with E-state index in [1.807, 2.05) is 5.38 Å². The highest BCUT2D eigenvalue weighted by molar-refractivity contribution is 8.02. The number of hydrogen-bond acceptors (Lipinski definition) is 7. The van der Waals surface area contributed by atoms with Crippen LogP contribution in [0.15, 0.2) is 40.3 Å². The smallest absolute Gasteiger partial charge is 0.319 e. The minimum atomic E-state index is -0.924. The summed E-state index contributed by atoms with van der Waals surface area (Å²) in [6.07, 6.45) is 3.74. The van der Waals surface area contributed by atoms with Gasteiger partial charge in [-0.1, -0.05) is 23.4 Å². The van der Waals surface area contributed by atoms with Gasteiger partial charge in [0.05, 0.1) is 5.69 Å². The molecular weight excluding hydrogens is 435 g/mol. The van der Waals surface area contributed by atoms with Gasteiger partial charge in [0.2, 0.25) is 5.95 Å². The number of carboxylic acids is 1. The number of aromatic nitrogens is 3. The van der Waals surface area contributed by atoms with Crippen molar-refractivity contribution in [1.82, 2.24) is 15.0 Å². The third kappa shape index (κ3) is 5.65. The number of thiazole rings is 1. The predicted octanol–water partition coefficient (Wildman–Crippen LogP) is 5.00. The van der Waals surface area contributed by atoms with Crippen LogP contribution in [0.3, 0.4) is 0 Å². The van der Waals surface area contributed by atoms with Crippen molar-refractivity contribution in [2.24, 2.45) is 0 Å². The highest BCUT2D eigenvalue weighted by atomic mass is 35.5. The maximum absolute atomic E-state index is 14.0. The van der Waals surface area contributed by atoms with Crippen molar-refractivity contribution in [1.29, 1.82) is 0 Å². The monoisotopic (exact) mass is 452 g/mol. The molecule has 0 radical (unpaired) electrons. The summed E-state index contributed by atoms with van der Waals surface area (Å²) < 4.78 is 13.8. The molecule has 2 heterocycles. The van der Waals surface area contributed by atoms with Crippen molar-refractivity contribution in [2.45, 2.75) is 29.4 Å². The molecule has 0 aliphatic heterocycles. The molecule has 0 aliphatic carbocycles. The van der Waals surface area contributed by atoms with Crippen LogP contribution in [0.25, 0.3) is 11.1 Å². The fourth-order valence-electron chi connectivity index (χ4n) is 2.30. The van der Waals surface area contributed by atoms with Gasteiger partial charge in [-0.25, -0.2) is 19.3 Å². The molecule has 3 rings (SSSR count). The standard InChI is InChI=1S/C19H18ClFN4O2S2/c1-19(2,16(26)27)29-18-25-13(10-28-18)5-6-22-17-23-8-11(9-24-17)14-4-3-12(20)7-15(14)21/h3-4,7-10H,5-6H2,1-2H3,(H,26,27)(H,22,23,24). The number of nitrogens with one attached hydrogen (secondary N) is 1. The zero-order chi connectivity index (χ0) is 21.0. The van der Waals surface area contributed by atoms with Crippen LogP contribution in [0.4, 0.5) is 10.3 Å². The number of halogens is 2. The summed E-state index contributed by atoms with van der Waals surface area (Å²) in [5, 5.41) is 14.5. The van der Waals surface area contributed by atoms with Crippen molar-refractivity contribution in [3.63, 3.8) is 0 Å². The molecule has 0 fully saturated rings. The maximum Gasteiger partial charge on any atom is 0.319 e. The van der Waals surface area contributed by atoms with Gasteiger partial charge in [0, 0.05) is 46.9 Å². The second-order valence-corrected chi connectivity index (χ2v) is 9.78. The Morgan fingerprint density at radius 1 is 1.34 bits per heavy atom. The lowest BCUT2D eigenvalue weighted by molar-refractivity contribution is -0.138. The van der Waals surface area contributed by atoms with Crippen LogP contribution < -0.4 is 5.32 Å². The highest BCUT2D eigenvalue weighted by Gasteiger charge is 2.29. The molecule has 1 aromatic carbocycles. The first-order valence-electron chi connectivity index (χ1n) is 8.63. The lowest BCUT2D eigenvalue weighted by atomic mass is 10.1. The number of carboxylic acid groups (broad SMARTS) is 1.